The molecule has 0 saturated carbocycles. The lowest BCUT2D eigenvalue weighted by Crippen LogP contribution is -2.37. The Balaban J connectivity index is 1.41. The smallest absolute Gasteiger partial charge is 0.187 e. The van der Waals surface area contributed by atoms with E-state index in [-0.39, 0.29) is 6.10 Å². The molecule has 2 fully saturated rings. The molecule has 0 bridgehead atoms. The normalized spacial score (nSPS) is 21.2. The molecule has 0 unspecified atom stereocenters. The van der Waals surface area contributed by atoms with Gasteiger partial charge in [-0.15, -0.1) is 0 Å². The predicted molar refractivity (Wildman–Crippen MR) is 99.8 cm³/mol. The van der Waals surface area contributed by atoms with Gasteiger partial charge < -0.3 is 19.7 Å². The largest absolute Gasteiger partial charge is 0.378 e. The predicted octanol–water partition coefficient (Wildman–Crippen LogP) is 1.50. The maximum absolute atomic E-state index is 5.54. The summed E-state index contributed by atoms with van der Waals surface area (Å²) in [6.45, 7) is 5.06. The molecular formula is C17H24N4O2S. The van der Waals surface area contributed by atoms with E-state index in [1.165, 1.54) is 5.69 Å². The SMILES string of the molecule is S=C(NC[C@@H]1CCCO1)N/N=C\c1ccc(N2CCOCC2)cc1. The van der Waals surface area contributed by atoms with Crippen molar-refractivity contribution in [3.63, 3.8) is 0 Å². The molecule has 0 spiro atoms. The number of hydrazone groups is 1. The van der Waals surface area contributed by atoms with Crippen molar-refractivity contribution in [2.75, 3.05) is 44.4 Å². The number of nitrogens with one attached hydrogen (secondary N) is 2. The first-order chi connectivity index (χ1) is 11.8. The van der Waals surface area contributed by atoms with Gasteiger partial charge in [0, 0.05) is 31.9 Å². The third kappa shape index (κ3) is 5.15. The Morgan fingerprint density at radius 3 is 2.75 bits per heavy atom. The second-order valence-corrected chi connectivity index (χ2v) is 6.31. The Morgan fingerprint density at radius 2 is 2.04 bits per heavy atom. The first kappa shape index (κ1) is 17.1. The molecule has 1 atom stereocenters. The van der Waals surface area contributed by atoms with Gasteiger partial charge in [-0.1, -0.05) is 12.1 Å². The highest BCUT2D eigenvalue weighted by molar-refractivity contribution is 7.80. The van der Waals surface area contributed by atoms with Crippen LogP contribution in [0.2, 0.25) is 0 Å². The standard InChI is InChI=1S/C17H24N4O2S/c24-17(18-13-16-2-1-9-23-16)20-19-12-14-3-5-15(6-4-14)21-7-10-22-11-8-21/h3-6,12,16H,1-2,7-11,13H2,(H2,18,20,24)/b19-12-/t16-/m0/s1. The van der Waals surface area contributed by atoms with Gasteiger partial charge in [0.15, 0.2) is 5.11 Å². The molecule has 2 aliphatic rings. The van der Waals surface area contributed by atoms with Crippen LogP contribution < -0.4 is 15.6 Å². The van der Waals surface area contributed by atoms with E-state index >= 15 is 0 Å². The number of rotatable bonds is 5. The van der Waals surface area contributed by atoms with Crippen molar-refractivity contribution in [1.29, 1.82) is 0 Å². The van der Waals surface area contributed by atoms with Crippen LogP contribution in [0.25, 0.3) is 0 Å². The zero-order chi connectivity index (χ0) is 16.6. The first-order valence-corrected chi connectivity index (χ1v) is 8.83. The van der Waals surface area contributed by atoms with Gasteiger partial charge in [0.05, 0.1) is 25.5 Å². The third-order valence-corrected chi connectivity index (χ3v) is 4.40. The average Bonchev–Trinajstić information content (AvgIpc) is 3.15. The molecule has 0 amide bonds. The first-order valence-electron chi connectivity index (χ1n) is 8.42. The minimum Gasteiger partial charge on any atom is -0.378 e. The van der Waals surface area contributed by atoms with Crippen LogP contribution in [0.15, 0.2) is 29.4 Å². The number of anilines is 1. The molecule has 1 aromatic carbocycles. The summed E-state index contributed by atoms with van der Waals surface area (Å²) in [5.74, 6) is 0. The molecule has 0 aliphatic carbocycles. The van der Waals surface area contributed by atoms with E-state index in [9.17, 15) is 0 Å². The van der Waals surface area contributed by atoms with Crippen molar-refractivity contribution in [2.45, 2.75) is 18.9 Å². The van der Waals surface area contributed by atoms with Crippen LogP contribution in [0.3, 0.4) is 0 Å². The summed E-state index contributed by atoms with van der Waals surface area (Å²) in [5.41, 5.74) is 5.09. The van der Waals surface area contributed by atoms with E-state index in [0.717, 1.165) is 57.9 Å². The molecule has 2 aliphatic heterocycles. The fraction of sp³-hybridized carbons (Fsp3) is 0.529. The maximum Gasteiger partial charge on any atom is 0.187 e. The highest BCUT2D eigenvalue weighted by Crippen LogP contribution is 2.16. The van der Waals surface area contributed by atoms with Gasteiger partial charge in [0.1, 0.15) is 0 Å². The number of thiocarbonyl (C=S) groups is 1. The van der Waals surface area contributed by atoms with Crippen LogP contribution in [0, 0.1) is 0 Å². The minimum absolute atomic E-state index is 0.265. The Kier molecular flexibility index (Phi) is 6.40. The summed E-state index contributed by atoms with van der Waals surface area (Å²) in [4.78, 5) is 2.33. The second-order valence-electron chi connectivity index (χ2n) is 5.91. The van der Waals surface area contributed by atoms with Crippen molar-refractivity contribution < 1.29 is 9.47 Å². The number of hydrogen-bond donors (Lipinski definition) is 2. The number of benzene rings is 1. The lowest BCUT2D eigenvalue weighted by Gasteiger charge is -2.28. The summed E-state index contributed by atoms with van der Waals surface area (Å²) in [5, 5.41) is 7.82. The Hall–Kier alpha value is -1.70. The van der Waals surface area contributed by atoms with Gasteiger partial charge in [-0.3, -0.25) is 5.43 Å². The molecule has 2 N–H and O–H groups in total. The molecule has 2 heterocycles. The van der Waals surface area contributed by atoms with E-state index in [2.05, 4.69) is 45.0 Å². The lowest BCUT2D eigenvalue weighted by molar-refractivity contribution is 0.114. The van der Waals surface area contributed by atoms with Crippen LogP contribution in [0.5, 0.6) is 0 Å². The van der Waals surface area contributed by atoms with E-state index in [0.29, 0.717) is 5.11 Å². The summed E-state index contributed by atoms with van der Waals surface area (Å²) >= 11 is 5.20. The van der Waals surface area contributed by atoms with Crippen molar-refractivity contribution in [2.24, 2.45) is 5.10 Å². The lowest BCUT2D eigenvalue weighted by atomic mass is 10.2. The van der Waals surface area contributed by atoms with E-state index in [1.54, 1.807) is 6.21 Å². The molecular weight excluding hydrogens is 324 g/mol. The minimum atomic E-state index is 0.265. The third-order valence-electron chi connectivity index (χ3n) is 4.16. The van der Waals surface area contributed by atoms with Gasteiger partial charge >= 0.3 is 0 Å². The van der Waals surface area contributed by atoms with Gasteiger partial charge in [-0.25, -0.2) is 0 Å². The molecule has 2 saturated heterocycles. The summed E-state index contributed by atoms with van der Waals surface area (Å²) in [7, 11) is 0. The van der Waals surface area contributed by atoms with E-state index in [4.69, 9.17) is 21.7 Å². The quantitative estimate of drug-likeness (QED) is 0.478. The van der Waals surface area contributed by atoms with Crippen molar-refractivity contribution >= 4 is 29.2 Å². The average molecular weight is 348 g/mol. The van der Waals surface area contributed by atoms with Gasteiger partial charge in [0.25, 0.3) is 0 Å². The molecule has 0 aromatic heterocycles. The summed E-state index contributed by atoms with van der Waals surface area (Å²) < 4.78 is 10.9. The van der Waals surface area contributed by atoms with Crippen LogP contribution in [-0.2, 0) is 9.47 Å². The Morgan fingerprint density at radius 1 is 1.25 bits per heavy atom. The monoisotopic (exact) mass is 348 g/mol. The van der Waals surface area contributed by atoms with Crippen molar-refractivity contribution in [1.82, 2.24) is 10.7 Å². The Bertz CT molecular complexity index is 552. The van der Waals surface area contributed by atoms with Crippen molar-refractivity contribution in [3.05, 3.63) is 29.8 Å². The zero-order valence-electron chi connectivity index (χ0n) is 13.7. The molecule has 0 radical (unpaired) electrons. The van der Waals surface area contributed by atoms with Crippen molar-refractivity contribution in [3.8, 4) is 0 Å². The molecule has 1 aromatic rings. The zero-order valence-corrected chi connectivity index (χ0v) is 14.6. The summed E-state index contributed by atoms with van der Waals surface area (Å²) in [6.07, 6.45) is 4.25. The van der Waals surface area contributed by atoms with Gasteiger partial charge in [0.2, 0.25) is 0 Å². The fourth-order valence-electron chi connectivity index (χ4n) is 2.81. The molecule has 7 heteroatoms. The fourth-order valence-corrected chi connectivity index (χ4v) is 2.95. The van der Waals surface area contributed by atoms with Crippen LogP contribution >= 0.6 is 12.2 Å². The summed E-state index contributed by atoms with van der Waals surface area (Å²) in [6, 6.07) is 8.33. The van der Waals surface area contributed by atoms with E-state index < -0.39 is 0 Å². The topological polar surface area (TPSA) is 58.1 Å². The highest BCUT2D eigenvalue weighted by Gasteiger charge is 2.15. The van der Waals surface area contributed by atoms with Crippen LogP contribution in [-0.4, -0.2) is 56.9 Å². The highest BCUT2D eigenvalue weighted by atomic mass is 32.1. The molecule has 24 heavy (non-hydrogen) atoms. The Labute approximate surface area is 148 Å². The van der Waals surface area contributed by atoms with Crippen LogP contribution in [0.1, 0.15) is 18.4 Å². The second kappa shape index (κ2) is 8.96. The number of ether oxygens (including phenoxy) is 2. The van der Waals surface area contributed by atoms with E-state index in [1.807, 2.05) is 0 Å². The maximum atomic E-state index is 5.54. The molecule has 130 valence electrons. The van der Waals surface area contributed by atoms with Crippen LogP contribution in [0.4, 0.5) is 5.69 Å². The van der Waals surface area contributed by atoms with Gasteiger partial charge in [-0.05, 0) is 42.8 Å². The molecule has 3 rings (SSSR count). The van der Waals surface area contributed by atoms with Gasteiger partial charge in [-0.2, -0.15) is 5.10 Å². The number of hydrogen-bond acceptors (Lipinski definition) is 5. The molecule has 6 nitrogen and oxygen atoms in total. The number of nitrogens with zero attached hydrogens (tertiary/aromatic N) is 2. The number of morpholine rings is 1.